The molecular formula is C19H16FN3O3S. The molecule has 1 heterocycles. The largest absolute Gasteiger partial charge is 0.273 e. The summed E-state index contributed by atoms with van der Waals surface area (Å²) in [7, 11) is -4.02. The number of rotatable bonds is 5. The number of benzene rings is 2. The zero-order chi connectivity index (χ0) is 19.4. The maximum atomic E-state index is 14.4. The summed E-state index contributed by atoms with van der Waals surface area (Å²) in [5, 5.41) is 0. The summed E-state index contributed by atoms with van der Waals surface area (Å²) in [6.45, 7) is 1.54. The average molecular weight is 385 g/mol. The van der Waals surface area contributed by atoms with Gasteiger partial charge in [-0.1, -0.05) is 30.3 Å². The van der Waals surface area contributed by atoms with E-state index in [0.29, 0.717) is 5.56 Å². The van der Waals surface area contributed by atoms with Crippen molar-refractivity contribution in [2.24, 2.45) is 0 Å². The highest BCUT2D eigenvalue weighted by Crippen LogP contribution is 2.24. The Morgan fingerprint density at radius 1 is 1.04 bits per heavy atom. The van der Waals surface area contributed by atoms with Gasteiger partial charge in [-0.05, 0) is 47.9 Å². The molecule has 8 heteroatoms. The Labute approximate surface area is 156 Å². The third-order valence-electron chi connectivity index (χ3n) is 3.85. The highest BCUT2D eigenvalue weighted by molar-refractivity contribution is 7.89. The van der Waals surface area contributed by atoms with E-state index >= 15 is 0 Å². The quantitative estimate of drug-likeness (QED) is 0.661. The van der Waals surface area contributed by atoms with E-state index in [-0.39, 0.29) is 16.0 Å². The zero-order valence-electron chi connectivity index (χ0n) is 14.3. The van der Waals surface area contributed by atoms with Gasteiger partial charge in [-0.3, -0.25) is 15.2 Å². The molecule has 0 radical (unpaired) electrons. The average Bonchev–Trinajstić information content (AvgIpc) is 2.69. The second-order valence-electron chi connectivity index (χ2n) is 5.77. The number of hydrogen-bond donors (Lipinski definition) is 2. The van der Waals surface area contributed by atoms with Crippen LogP contribution in [0.15, 0.2) is 71.9 Å². The van der Waals surface area contributed by atoms with Gasteiger partial charge < -0.3 is 0 Å². The summed E-state index contributed by atoms with van der Waals surface area (Å²) in [6, 6.07) is 14.9. The highest BCUT2D eigenvalue weighted by Gasteiger charge is 2.19. The number of carbonyl (C=O) groups excluding carboxylic acids is 1. The van der Waals surface area contributed by atoms with E-state index in [1.54, 1.807) is 13.0 Å². The van der Waals surface area contributed by atoms with Gasteiger partial charge in [0.15, 0.2) is 0 Å². The van der Waals surface area contributed by atoms with Crippen LogP contribution in [0.25, 0.3) is 11.1 Å². The lowest BCUT2D eigenvalue weighted by Gasteiger charge is -2.12. The Morgan fingerprint density at radius 2 is 1.78 bits per heavy atom. The molecule has 2 aromatic carbocycles. The molecular weight excluding hydrogens is 369 g/mol. The molecule has 2 N–H and O–H groups in total. The van der Waals surface area contributed by atoms with E-state index in [9.17, 15) is 17.6 Å². The molecule has 3 aromatic rings. The first-order chi connectivity index (χ1) is 12.9. The van der Waals surface area contributed by atoms with Crippen LogP contribution in [0.2, 0.25) is 0 Å². The van der Waals surface area contributed by atoms with Crippen LogP contribution >= 0.6 is 0 Å². The summed E-state index contributed by atoms with van der Waals surface area (Å²) in [6.07, 6.45) is 2.56. The second kappa shape index (κ2) is 7.65. The Balaban J connectivity index is 1.86. The van der Waals surface area contributed by atoms with Crippen molar-refractivity contribution in [2.45, 2.75) is 11.8 Å². The molecule has 1 aromatic heterocycles. The number of hydrazine groups is 1. The van der Waals surface area contributed by atoms with Gasteiger partial charge in [-0.25, -0.2) is 12.8 Å². The van der Waals surface area contributed by atoms with Crippen LogP contribution in [0.4, 0.5) is 4.39 Å². The normalized spacial score (nSPS) is 11.2. The lowest BCUT2D eigenvalue weighted by atomic mass is 9.99. The van der Waals surface area contributed by atoms with Crippen molar-refractivity contribution in [1.29, 1.82) is 0 Å². The molecule has 0 saturated heterocycles. The fourth-order valence-corrected chi connectivity index (χ4v) is 3.28. The Bertz CT molecular complexity index is 1070. The SMILES string of the molecule is Cc1cc(-c2ccccc2)cc(C(=O)NNS(=O)(=O)c2cccnc2)c1F. The van der Waals surface area contributed by atoms with Crippen LogP contribution in [0, 0.1) is 12.7 Å². The first kappa shape index (κ1) is 18.7. The maximum absolute atomic E-state index is 14.4. The van der Waals surface area contributed by atoms with Crippen molar-refractivity contribution in [3.05, 3.63) is 83.9 Å². The van der Waals surface area contributed by atoms with Crippen molar-refractivity contribution in [3.8, 4) is 11.1 Å². The van der Waals surface area contributed by atoms with Crippen molar-refractivity contribution in [2.75, 3.05) is 0 Å². The molecule has 0 bridgehead atoms. The van der Waals surface area contributed by atoms with Crippen LogP contribution in [-0.4, -0.2) is 19.3 Å². The number of pyridine rings is 1. The fraction of sp³-hybridized carbons (Fsp3) is 0.0526. The van der Waals surface area contributed by atoms with E-state index in [1.165, 1.54) is 24.4 Å². The number of halogens is 1. The maximum Gasteiger partial charge on any atom is 0.269 e. The summed E-state index contributed by atoms with van der Waals surface area (Å²) in [4.78, 5) is 17.9. The van der Waals surface area contributed by atoms with Crippen LogP contribution in [0.3, 0.4) is 0 Å². The minimum atomic E-state index is -4.02. The van der Waals surface area contributed by atoms with Crippen LogP contribution in [0.1, 0.15) is 15.9 Å². The third-order valence-corrected chi connectivity index (χ3v) is 5.08. The minimum Gasteiger partial charge on any atom is -0.273 e. The van der Waals surface area contributed by atoms with E-state index in [2.05, 4.69) is 4.98 Å². The molecule has 3 rings (SSSR count). The number of aromatic nitrogens is 1. The van der Waals surface area contributed by atoms with E-state index < -0.39 is 21.7 Å². The molecule has 0 aliphatic heterocycles. The van der Waals surface area contributed by atoms with Crippen molar-refractivity contribution in [1.82, 2.24) is 15.2 Å². The molecule has 0 spiro atoms. The van der Waals surface area contributed by atoms with E-state index in [1.807, 2.05) is 40.6 Å². The lowest BCUT2D eigenvalue weighted by molar-refractivity contribution is 0.0941. The van der Waals surface area contributed by atoms with Gasteiger partial charge in [0.25, 0.3) is 15.9 Å². The number of sulfonamides is 1. The summed E-state index contributed by atoms with van der Waals surface area (Å²) < 4.78 is 38.7. The Hall–Kier alpha value is -3.10. The van der Waals surface area contributed by atoms with Gasteiger partial charge in [0.1, 0.15) is 10.7 Å². The first-order valence-electron chi connectivity index (χ1n) is 7.96. The fourth-order valence-electron chi connectivity index (χ4n) is 2.48. The summed E-state index contributed by atoms with van der Waals surface area (Å²) in [5.74, 6) is -1.62. The number of amides is 1. The van der Waals surface area contributed by atoms with E-state index in [0.717, 1.165) is 11.8 Å². The van der Waals surface area contributed by atoms with Crippen LogP contribution < -0.4 is 10.3 Å². The van der Waals surface area contributed by atoms with Gasteiger partial charge >= 0.3 is 0 Å². The third kappa shape index (κ3) is 4.18. The van der Waals surface area contributed by atoms with Gasteiger partial charge in [0, 0.05) is 12.4 Å². The van der Waals surface area contributed by atoms with Crippen LogP contribution in [-0.2, 0) is 10.0 Å². The highest BCUT2D eigenvalue weighted by atomic mass is 32.2. The van der Waals surface area contributed by atoms with Gasteiger partial charge in [0.2, 0.25) is 0 Å². The molecule has 0 atom stereocenters. The standard InChI is InChI=1S/C19H16FN3O3S/c1-13-10-15(14-6-3-2-4-7-14)11-17(18(13)20)19(24)22-23-27(25,26)16-8-5-9-21-12-16/h2-12,23H,1H3,(H,22,24). The molecule has 0 aliphatic carbocycles. The molecule has 27 heavy (non-hydrogen) atoms. The summed E-state index contributed by atoms with van der Waals surface area (Å²) in [5.41, 5.74) is 3.51. The summed E-state index contributed by atoms with van der Waals surface area (Å²) >= 11 is 0. The van der Waals surface area contributed by atoms with Gasteiger partial charge in [-0.15, -0.1) is 4.83 Å². The number of aryl methyl sites for hydroxylation is 1. The van der Waals surface area contributed by atoms with Gasteiger partial charge in [0.05, 0.1) is 5.56 Å². The zero-order valence-corrected chi connectivity index (χ0v) is 15.1. The number of hydrogen-bond acceptors (Lipinski definition) is 4. The Morgan fingerprint density at radius 3 is 2.44 bits per heavy atom. The molecule has 0 saturated carbocycles. The smallest absolute Gasteiger partial charge is 0.269 e. The molecule has 0 fully saturated rings. The monoisotopic (exact) mass is 385 g/mol. The van der Waals surface area contributed by atoms with Crippen molar-refractivity contribution >= 4 is 15.9 Å². The molecule has 1 amide bonds. The molecule has 0 aliphatic rings. The topological polar surface area (TPSA) is 88.2 Å². The van der Waals surface area contributed by atoms with Crippen molar-refractivity contribution < 1.29 is 17.6 Å². The van der Waals surface area contributed by atoms with Crippen molar-refractivity contribution in [3.63, 3.8) is 0 Å². The minimum absolute atomic E-state index is 0.125. The Kier molecular flexibility index (Phi) is 5.29. The molecule has 6 nitrogen and oxygen atoms in total. The van der Waals surface area contributed by atoms with Gasteiger partial charge in [-0.2, -0.15) is 0 Å². The number of carbonyl (C=O) groups is 1. The number of nitrogens with zero attached hydrogens (tertiary/aromatic N) is 1. The van der Waals surface area contributed by atoms with Crippen LogP contribution in [0.5, 0.6) is 0 Å². The number of nitrogens with one attached hydrogen (secondary N) is 2. The predicted molar refractivity (Wildman–Crippen MR) is 98.6 cm³/mol. The second-order valence-corrected chi connectivity index (χ2v) is 7.45. The first-order valence-corrected chi connectivity index (χ1v) is 9.44. The molecule has 0 unspecified atom stereocenters. The molecule has 138 valence electrons. The lowest BCUT2D eigenvalue weighted by Crippen LogP contribution is -2.42. The predicted octanol–water partition coefficient (Wildman–Crippen LogP) is 2.82. The van der Waals surface area contributed by atoms with E-state index in [4.69, 9.17) is 0 Å².